The van der Waals surface area contributed by atoms with Gasteiger partial charge in [0.1, 0.15) is 44.7 Å². The van der Waals surface area contributed by atoms with Crippen molar-refractivity contribution in [1.29, 1.82) is 0 Å². The van der Waals surface area contributed by atoms with Crippen molar-refractivity contribution in [2.45, 2.75) is 0 Å². The molecule has 130 heavy (non-hydrogen) atoms. The van der Waals surface area contributed by atoms with E-state index in [1.165, 1.54) is 105 Å². The minimum atomic E-state index is 0.880. The van der Waals surface area contributed by atoms with E-state index in [0.717, 1.165) is 156 Å². The number of fused-ring (bicyclic) bond motifs is 30. The van der Waals surface area contributed by atoms with E-state index in [4.69, 9.17) is 17.7 Å². The fourth-order valence-corrected chi connectivity index (χ4v) is 23.1. The minimum Gasteiger partial charge on any atom is -0.456 e. The number of nitrogens with zero attached hydrogens (tertiary/aromatic N) is 4. The topological polar surface area (TPSA) is 65.5 Å². The van der Waals surface area contributed by atoms with Gasteiger partial charge in [-0.3, -0.25) is 0 Å². The molecule has 0 aliphatic rings. The lowest BCUT2D eigenvalue weighted by Crippen LogP contribution is -2.10. The molecule has 0 N–H and O–H groups in total. The summed E-state index contributed by atoms with van der Waals surface area (Å²) in [5.74, 6) is 0. The number of anilines is 12. The zero-order chi connectivity index (χ0) is 85.2. The quantitative estimate of drug-likeness (QED) is 0.112. The monoisotopic (exact) mass is 1700 g/mol. The third-order valence-corrected chi connectivity index (χ3v) is 28.7. The summed E-state index contributed by atoms with van der Waals surface area (Å²) in [6, 6.07) is 157. The molecule has 0 bridgehead atoms. The van der Waals surface area contributed by atoms with Crippen molar-refractivity contribution in [3.8, 4) is 0 Å². The molecule has 0 saturated heterocycles. The number of benzene rings is 22. The molecule has 6 heterocycles. The largest absolute Gasteiger partial charge is 0.456 e. The molecule has 28 rings (SSSR count). The number of furan rings is 4. The third-order valence-electron chi connectivity index (χ3n) is 26.4. The average molecular weight is 1700 g/mol. The Bertz CT molecular complexity index is 9520. The molecule has 0 radical (unpaired) electrons. The Labute approximate surface area is 752 Å². The first-order valence-electron chi connectivity index (χ1n) is 44.0. The SMILES string of the molecule is c1ccc(N(c2ccc3c(c2)sc2c4ccc(N(c5ccccc5)c5ccc6oc7ccccc7c6c5)cc4c4ccccc4c32)c2ccc3oc4ccccc4c3c2)cc1.c1ccc2c(N(c3ccc4c(c3)sc3c5ccc(N(c6ccc7oc8ccccc8c7c6)c6cccc7ccccc67)cc5c5ccccc5c43)c3ccc4oc5ccccc5c4c3)cccc2c1. The molecule has 0 aliphatic heterocycles. The van der Waals surface area contributed by atoms with E-state index in [1.807, 2.05) is 71.2 Å². The molecule has 8 nitrogen and oxygen atoms in total. The van der Waals surface area contributed by atoms with E-state index < -0.39 is 0 Å². The molecule has 0 spiro atoms. The summed E-state index contributed by atoms with van der Waals surface area (Å²) in [5, 5.41) is 28.7. The summed E-state index contributed by atoms with van der Waals surface area (Å²) < 4.78 is 30.2. The number of rotatable bonds is 12. The first-order valence-corrected chi connectivity index (χ1v) is 45.6. The Balaban J connectivity index is 0.000000135. The second kappa shape index (κ2) is 29.4. The molecule has 6 aromatic heterocycles. The molecule has 0 unspecified atom stereocenters. The Morgan fingerprint density at radius 3 is 0.762 bits per heavy atom. The van der Waals surface area contributed by atoms with Crippen LogP contribution in [0, 0.1) is 0 Å². The van der Waals surface area contributed by atoms with Crippen LogP contribution in [0.4, 0.5) is 68.2 Å². The van der Waals surface area contributed by atoms with Gasteiger partial charge in [-0.05, 0) is 225 Å². The van der Waals surface area contributed by atoms with Gasteiger partial charge in [-0.2, -0.15) is 0 Å². The maximum Gasteiger partial charge on any atom is 0.135 e. The van der Waals surface area contributed by atoms with Crippen LogP contribution in [0.15, 0.2) is 454 Å². The van der Waals surface area contributed by atoms with Crippen LogP contribution in [0.25, 0.3) is 193 Å². The highest BCUT2D eigenvalue weighted by Gasteiger charge is 2.27. The number of hydrogen-bond donors (Lipinski definition) is 0. The van der Waals surface area contributed by atoms with Gasteiger partial charge in [-0.15, -0.1) is 22.7 Å². The molecule has 0 fully saturated rings. The number of thiophene rings is 2. The molecule has 0 amide bonds. The third kappa shape index (κ3) is 11.7. The molecule has 608 valence electrons. The average Bonchev–Trinajstić information content (AvgIpc) is 1.52. The van der Waals surface area contributed by atoms with Crippen molar-refractivity contribution in [3.05, 3.63) is 437 Å². The van der Waals surface area contributed by atoms with Crippen LogP contribution in [0.1, 0.15) is 0 Å². The first kappa shape index (κ1) is 73.6. The van der Waals surface area contributed by atoms with Gasteiger partial charge in [0.25, 0.3) is 0 Å². The van der Waals surface area contributed by atoms with E-state index in [1.54, 1.807) is 0 Å². The molecule has 0 atom stereocenters. The zero-order valence-electron chi connectivity index (χ0n) is 69.8. The maximum absolute atomic E-state index is 6.33. The Morgan fingerprint density at radius 2 is 0.400 bits per heavy atom. The molecule has 28 aromatic rings. The van der Waals surface area contributed by atoms with Gasteiger partial charge in [0.15, 0.2) is 0 Å². The summed E-state index contributed by atoms with van der Waals surface area (Å²) in [6.07, 6.45) is 0. The van der Waals surface area contributed by atoms with E-state index in [0.29, 0.717) is 0 Å². The predicted molar refractivity (Wildman–Crippen MR) is 552 cm³/mol. The zero-order valence-corrected chi connectivity index (χ0v) is 71.4. The highest BCUT2D eigenvalue weighted by atomic mass is 32.1. The highest BCUT2D eigenvalue weighted by molar-refractivity contribution is 7.27. The van der Waals surface area contributed by atoms with Gasteiger partial charge in [-0.25, -0.2) is 0 Å². The minimum absolute atomic E-state index is 0.880. The number of para-hydroxylation sites is 6. The lowest BCUT2D eigenvalue weighted by Gasteiger charge is -2.27. The Kier molecular flexibility index (Phi) is 16.7. The summed E-state index contributed by atoms with van der Waals surface area (Å²) in [5.41, 5.74) is 20.3. The summed E-state index contributed by atoms with van der Waals surface area (Å²) in [6.45, 7) is 0. The van der Waals surface area contributed by atoms with Crippen molar-refractivity contribution in [1.82, 2.24) is 0 Å². The van der Waals surface area contributed by atoms with E-state index in [-0.39, 0.29) is 0 Å². The predicted octanol–water partition coefficient (Wildman–Crippen LogP) is 36.5. The Hall–Kier alpha value is -16.8. The molecule has 0 saturated carbocycles. The fourth-order valence-electron chi connectivity index (χ4n) is 20.5. The second-order valence-electron chi connectivity index (χ2n) is 33.6. The van der Waals surface area contributed by atoms with Crippen LogP contribution >= 0.6 is 22.7 Å². The first-order chi connectivity index (χ1) is 64.4. The molecular weight excluding hydrogens is 1630 g/mol. The van der Waals surface area contributed by atoms with Gasteiger partial charge in [0.05, 0.1) is 11.4 Å². The van der Waals surface area contributed by atoms with Crippen molar-refractivity contribution >= 4 is 284 Å². The number of hydrogen-bond acceptors (Lipinski definition) is 10. The van der Waals surface area contributed by atoms with E-state index in [2.05, 4.69) is 408 Å². The van der Waals surface area contributed by atoms with Crippen molar-refractivity contribution < 1.29 is 17.7 Å². The smallest absolute Gasteiger partial charge is 0.135 e. The van der Waals surface area contributed by atoms with Crippen LogP contribution < -0.4 is 19.6 Å². The summed E-state index contributed by atoms with van der Waals surface area (Å²) >= 11 is 3.76. The van der Waals surface area contributed by atoms with Crippen LogP contribution in [0.3, 0.4) is 0 Å². The van der Waals surface area contributed by atoms with Crippen molar-refractivity contribution in [3.63, 3.8) is 0 Å². The summed E-state index contributed by atoms with van der Waals surface area (Å²) in [7, 11) is 0. The fraction of sp³-hybridized carbons (Fsp3) is 0. The molecular formula is C120H72N4O4S2. The highest BCUT2D eigenvalue weighted by Crippen LogP contribution is 2.54. The Morgan fingerprint density at radius 1 is 0.146 bits per heavy atom. The van der Waals surface area contributed by atoms with Gasteiger partial charge in [-0.1, -0.05) is 255 Å². The lowest BCUT2D eigenvalue weighted by atomic mass is 9.96. The van der Waals surface area contributed by atoms with Gasteiger partial charge in [0, 0.05) is 162 Å². The standard InChI is InChI=1S/C64H38N2O2S.C56H34N2O2S/c1-3-17-45-39(13-1)15-11-23-56(45)65(42-29-33-60-54(36-42)48-20-7-9-25-58(48)67-60)41-27-31-51-53(35-41)47-19-5-6-22-50(47)63-52-32-28-44(38-62(52)69-64(51)63)66(57-24-12-16-40-14-2-4-18-46(40)57)43-30-34-61-55(37-43)49-21-8-10-26-59(49)68-61;1-3-13-35(14-4-1)57(38-25-29-52-48(32-38)42-18-9-11-21-50(42)59-52)37-23-27-45-47(31-37)41-17-7-8-20-44(41)55-46-28-24-40(34-54(46)61-56(45)55)58(36-15-5-2-6-16-36)39-26-30-53-49(33-39)43-19-10-12-22-51(43)60-53/h1-38H;1-34H. The molecule has 0 aliphatic carbocycles. The second-order valence-corrected chi connectivity index (χ2v) is 35.8. The maximum atomic E-state index is 6.33. The van der Waals surface area contributed by atoms with Gasteiger partial charge < -0.3 is 37.3 Å². The van der Waals surface area contributed by atoms with Crippen molar-refractivity contribution in [2.75, 3.05) is 19.6 Å². The van der Waals surface area contributed by atoms with Crippen LogP contribution in [-0.2, 0) is 0 Å². The van der Waals surface area contributed by atoms with Crippen molar-refractivity contribution in [2.24, 2.45) is 0 Å². The van der Waals surface area contributed by atoms with Crippen LogP contribution in [-0.4, -0.2) is 0 Å². The van der Waals surface area contributed by atoms with E-state index >= 15 is 0 Å². The molecule has 22 aromatic carbocycles. The van der Waals surface area contributed by atoms with Crippen LogP contribution in [0.5, 0.6) is 0 Å². The van der Waals surface area contributed by atoms with Gasteiger partial charge >= 0.3 is 0 Å². The lowest BCUT2D eigenvalue weighted by molar-refractivity contribution is 0.668. The van der Waals surface area contributed by atoms with E-state index in [9.17, 15) is 0 Å². The van der Waals surface area contributed by atoms with Crippen LogP contribution in [0.2, 0.25) is 0 Å². The normalized spacial score (nSPS) is 12.0. The van der Waals surface area contributed by atoms with Gasteiger partial charge in [0.2, 0.25) is 0 Å². The molecule has 10 heteroatoms. The summed E-state index contributed by atoms with van der Waals surface area (Å²) in [4.78, 5) is 9.56.